The molecule has 1 aliphatic rings. The molecule has 0 fully saturated rings. The van der Waals surface area contributed by atoms with E-state index in [0.717, 1.165) is 5.56 Å². The third-order valence-corrected chi connectivity index (χ3v) is 5.55. The van der Waals surface area contributed by atoms with Gasteiger partial charge in [0.05, 0.1) is 17.2 Å². The van der Waals surface area contributed by atoms with Crippen LogP contribution in [0.2, 0.25) is 15.1 Å². The van der Waals surface area contributed by atoms with E-state index in [0.29, 0.717) is 37.7 Å². The Morgan fingerprint density at radius 1 is 1.00 bits per heavy atom. The van der Waals surface area contributed by atoms with Gasteiger partial charge in [-0.25, -0.2) is 9.79 Å². The van der Waals surface area contributed by atoms with Gasteiger partial charge in [0.15, 0.2) is 17.2 Å². The van der Waals surface area contributed by atoms with Gasteiger partial charge < -0.3 is 14.2 Å². The van der Waals surface area contributed by atoms with E-state index in [1.165, 1.54) is 0 Å². The van der Waals surface area contributed by atoms with Crippen LogP contribution in [-0.2, 0) is 16.1 Å². The van der Waals surface area contributed by atoms with E-state index in [-0.39, 0.29) is 18.2 Å². The predicted molar refractivity (Wildman–Crippen MR) is 126 cm³/mol. The van der Waals surface area contributed by atoms with Crippen molar-refractivity contribution >= 4 is 52.7 Å². The summed E-state index contributed by atoms with van der Waals surface area (Å²) >= 11 is 18.1. The van der Waals surface area contributed by atoms with Crippen molar-refractivity contribution in [3.05, 3.63) is 98.1 Å². The van der Waals surface area contributed by atoms with Gasteiger partial charge >= 0.3 is 5.97 Å². The molecule has 0 unspecified atom stereocenters. The lowest BCUT2D eigenvalue weighted by molar-refractivity contribution is -0.129. The number of carbonyl (C=O) groups is 1. The number of hydrogen-bond donors (Lipinski definition) is 0. The quantitative estimate of drug-likeness (QED) is 0.290. The van der Waals surface area contributed by atoms with E-state index in [1.54, 1.807) is 55.7 Å². The Balaban J connectivity index is 1.66. The number of benzene rings is 3. The fraction of sp³-hybridized carbons (Fsp3) is 0.0833. The highest BCUT2D eigenvalue weighted by molar-refractivity contribution is 6.42. The van der Waals surface area contributed by atoms with Crippen LogP contribution in [0.25, 0.3) is 6.08 Å². The average Bonchev–Trinajstić information content (AvgIpc) is 3.14. The number of methoxy groups -OCH3 is 1. The van der Waals surface area contributed by atoms with Gasteiger partial charge in [0.2, 0.25) is 5.90 Å². The zero-order chi connectivity index (χ0) is 22.7. The lowest BCUT2D eigenvalue weighted by atomic mass is 10.1. The molecular formula is C24H16Cl3NO4. The maximum absolute atomic E-state index is 12.4. The van der Waals surface area contributed by atoms with Gasteiger partial charge in [-0.3, -0.25) is 0 Å². The van der Waals surface area contributed by atoms with Gasteiger partial charge in [0.25, 0.3) is 0 Å². The summed E-state index contributed by atoms with van der Waals surface area (Å²) in [6.07, 6.45) is 1.59. The number of rotatable bonds is 6. The number of esters is 1. The molecule has 5 nitrogen and oxygen atoms in total. The van der Waals surface area contributed by atoms with Crippen molar-refractivity contribution in [1.82, 2.24) is 0 Å². The number of nitrogens with zero attached hydrogens (tertiary/aromatic N) is 1. The number of hydrogen-bond acceptors (Lipinski definition) is 5. The van der Waals surface area contributed by atoms with Gasteiger partial charge in [-0.15, -0.1) is 0 Å². The maximum Gasteiger partial charge on any atom is 0.363 e. The number of carbonyl (C=O) groups excluding carboxylic acids is 1. The maximum atomic E-state index is 12.4. The summed E-state index contributed by atoms with van der Waals surface area (Å²) in [5.41, 5.74) is 2.16. The van der Waals surface area contributed by atoms with Crippen LogP contribution >= 0.6 is 34.8 Å². The highest BCUT2D eigenvalue weighted by Gasteiger charge is 2.25. The van der Waals surface area contributed by atoms with Crippen LogP contribution in [-0.4, -0.2) is 19.0 Å². The van der Waals surface area contributed by atoms with Crippen LogP contribution in [0.4, 0.5) is 0 Å². The fourth-order valence-electron chi connectivity index (χ4n) is 3.05. The molecule has 0 aromatic heterocycles. The molecule has 0 radical (unpaired) electrons. The first-order valence-electron chi connectivity index (χ1n) is 9.47. The molecule has 0 saturated heterocycles. The van der Waals surface area contributed by atoms with Crippen LogP contribution in [0.3, 0.4) is 0 Å². The first kappa shape index (κ1) is 22.2. The second-order valence-electron chi connectivity index (χ2n) is 6.76. The molecule has 0 atom stereocenters. The van der Waals surface area contributed by atoms with E-state index in [9.17, 15) is 4.79 Å². The summed E-state index contributed by atoms with van der Waals surface area (Å²) in [7, 11) is 1.54. The molecule has 32 heavy (non-hydrogen) atoms. The standard InChI is InChI=1S/C24H16Cl3NO4/c1-30-21-7-3-5-15(22(21)31-13-14-4-2-6-17(25)10-14)12-20-24(29)32-23(28-20)16-8-9-18(26)19(27)11-16/h2-12H,13H2,1H3/b20-12-. The van der Waals surface area contributed by atoms with Crippen molar-refractivity contribution in [3.63, 3.8) is 0 Å². The van der Waals surface area contributed by atoms with E-state index in [1.807, 2.05) is 18.2 Å². The lowest BCUT2D eigenvalue weighted by Crippen LogP contribution is -2.05. The van der Waals surface area contributed by atoms with Crippen LogP contribution in [0.1, 0.15) is 16.7 Å². The normalized spacial score (nSPS) is 14.3. The molecule has 162 valence electrons. The smallest absolute Gasteiger partial charge is 0.363 e. The molecular weight excluding hydrogens is 473 g/mol. The SMILES string of the molecule is COc1cccc(/C=C2\N=C(c3ccc(Cl)c(Cl)c3)OC2=O)c1OCc1cccc(Cl)c1. The first-order chi connectivity index (χ1) is 15.4. The van der Waals surface area contributed by atoms with Crippen molar-refractivity contribution in [3.8, 4) is 11.5 Å². The minimum Gasteiger partial charge on any atom is -0.493 e. The number of aliphatic imine (C=N–C) groups is 1. The highest BCUT2D eigenvalue weighted by atomic mass is 35.5. The zero-order valence-electron chi connectivity index (χ0n) is 16.8. The summed E-state index contributed by atoms with van der Waals surface area (Å²) in [5, 5.41) is 1.35. The molecule has 1 heterocycles. The Morgan fingerprint density at radius 2 is 1.81 bits per heavy atom. The summed E-state index contributed by atoms with van der Waals surface area (Å²) in [6.45, 7) is 0.263. The van der Waals surface area contributed by atoms with Gasteiger partial charge in [0.1, 0.15) is 6.61 Å². The van der Waals surface area contributed by atoms with Crippen LogP contribution in [0.5, 0.6) is 11.5 Å². The molecule has 3 aromatic rings. The zero-order valence-corrected chi connectivity index (χ0v) is 19.0. The first-order valence-corrected chi connectivity index (χ1v) is 10.6. The molecule has 0 amide bonds. The molecule has 0 N–H and O–H groups in total. The largest absolute Gasteiger partial charge is 0.493 e. The van der Waals surface area contributed by atoms with E-state index < -0.39 is 5.97 Å². The monoisotopic (exact) mass is 487 g/mol. The van der Waals surface area contributed by atoms with E-state index in [4.69, 9.17) is 49.0 Å². The topological polar surface area (TPSA) is 57.1 Å². The van der Waals surface area contributed by atoms with Gasteiger partial charge in [-0.2, -0.15) is 0 Å². The fourth-order valence-corrected chi connectivity index (χ4v) is 3.56. The molecule has 3 aromatic carbocycles. The predicted octanol–water partition coefficient (Wildman–Crippen LogP) is 6.58. The highest BCUT2D eigenvalue weighted by Crippen LogP contribution is 2.34. The van der Waals surface area contributed by atoms with E-state index in [2.05, 4.69) is 4.99 Å². The molecule has 1 aliphatic heterocycles. The van der Waals surface area contributed by atoms with Crippen LogP contribution in [0, 0.1) is 0 Å². The second-order valence-corrected chi connectivity index (χ2v) is 8.01. The Morgan fingerprint density at radius 3 is 2.56 bits per heavy atom. The van der Waals surface area contributed by atoms with Crippen molar-refractivity contribution < 1.29 is 19.0 Å². The Bertz CT molecular complexity index is 1250. The van der Waals surface area contributed by atoms with Gasteiger partial charge in [0, 0.05) is 16.1 Å². The van der Waals surface area contributed by atoms with Crippen molar-refractivity contribution in [1.29, 1.82) is 0 Å². The number of halogens is 3. The molecule has 0 aliphatic carbocycles. The summed E-state index contributed by atoms with van der Waals surface area (Å²) in [4.78, 5) is 16.8. The third-order valence-electron chi connectivity index (χ3n) is 4.58. The van der Waals surface area contributed by atoms with Crippen molar-refractivity contribution in [2.75, 3.05) is 7.11 Å². The number of ether oxygens (including phenoxy) is 3. The van der Waals surface area contributed by atoms with Gasteiger partial charge in [-0.1, -0.05) is 59.1 Å². The molecule has 4 rings (SSSR count). The van der Waals surface area contributed by atoms with Crippen LogP contribution in [0.15, 0.2) is 71.4 Å². The Kier molecular flexibility index (Phi) is 6.70. The van der Waals surface area contributed by atoms with Crippen molar-refractivity contribution in [2.45, 2.75) is 6.61 Å². The van der Waals surface area contributed by atoms with Crippen LogP contribution < -0.4 is 9.47 Å². The third kappa shape index (κ3) is 4.91. The number of para-hydroxylation sites is 1. The Hall–Kier alpha value is -2.99. The Labute approximate surface area is 199 Å². The van der Waals surface area contributed by atoms with Gasteiger partial charge in [-0.05, 0) is 48.0 Å². The second kappa shape index (κ2) is 9.65. The molecule has 0 bridgehead atoms. The molecule has 0 saturated carbocycles. The lowest BCUT2D eigenvalue weighted by Gasteiger charge is -2.13. The average molecular weight is 489 g/mol. The molecule has 0 spiro atoms. The summed E-state index contributed by atoms with van der Waals surface area (Å²) < 4.78 is 16.8. The summed E-state index contributed by atoms with van der Waals surface area (Å²) in [5.74, 6) is 0.536. The summed E-state index contributed by atoms with van der Waals surface area (Å²) in [6, 6.07) is 17.6. The van der Waals surface area contributed by atoms with E-state index >= 15 is 0 Å². The number of cyclic esters (lactones) is 1. The minimum absolute atomic E-state index is 0.118. The minimum atomic E-state index is -0.588. The molecule has 8 heteroatoms. The van der Waals surface area contributed by atoms with Crippen molar-refractivity contribution in [2.24, 2.45) is 4.99 Å².